The molecule has 0 aliphatic carbocycles. The monoisotopic (exact) mass is 418 g/mol. The van der Waals surface area contributed by atoms with Gasteiger partial charge in [-0.15, -0.1) is 0 Å². The molecule has 0 radical (unpaired) electrons. The molecule has 0 saturated carbocycles. The highest BCUT2D eigenvalue weighted by molar-refractivity contribution is 7.89. The molecule has 0 fully saturated rings. The molecular weight excluding hydrogens is 392 g/mol. The van der Waals surface area contributed by atoms with Crippen LogP contribution in [0.1, 0.15) is 19.4 Å². The van der Waals surface area contributed by atoms with Crippen molar-refractivity contribution < 1.29 is 22.7 Å². The topological polar surface area (TPSA) is 84.9 Å². The Morgan fingerprint density at radius 3 is 2.17 bits per heavy atom. The lowest BCUT2D eigenvalue weighted by Gasteiger charge is -2.18. The lowest BCUT2D eigenvalue weighted by molar-refractivity contribution is -0.111. The van der Waals surface area contributed by atoms with E-state index in [1.54, 1.807) is 62.4 Å². The molecule has 0 spiro atoms. The smallest absolute Gasteiger partial charge is 0.248 e. The van der Waals surface area contributed by atoms with Gasteiger partial charge in [-0.05, 0) is 35.9 Å². The molecule has 8 heteroatoms. The van der Waals surface area contributed by atoms with Crippen molar-refractivity contribution in [2.24, 2.45) is 0 Å². The van der Waals surface area contributed by atoms with Gasteiger partial charge in [-0.1, -0.05) is 26.0 Å². The second-order valence-corrected chi connectivity index (χ2v) is 7.99. The Bertz CT molecular complexity index is 965. The van der Waals surface area contributed by atoms with Gasteiger partial charge in [0.15, 0.2) is 11.5 Å². The molecule has 0 saturated heterocycles. The number of methoxy groups -OCH3 is 2. The fraction of sp³-hybridized carbons (Fsp3) is 0.286. The van der Waals surface area contributed by atoms with Crippen LogP contribution in [0, 0.1) is 0 Å². The van der Waals surface area contributed by atoms with E-state index in [4.69, 9.17) is 9.47 Å². The van der Waals surface area contributed by atoms with Crippen molar-refractivity contribution in [2.45, 2.75) is 18.7 Å². The summed E-state index contributed by atoms with van der Waals surface area (Å²) in [6, 6.07) is 11.5. The summed E-state index contributed by atoms with van der Waals surface area (Å²) >= 11 is 0. The van der Waals surface area contributed by atoms with Crippen LogP contribution in [-0.2, 0) is 14.8 Å². The molecule has 1 amide bonds. The van der Waals surface area contributed by atoms with Gasteiger partial charge < -0.3 is 14.8 Å². The quantitative estimate of drug-likeness (QED) is 0.631. The summed E-state index contributed by atoms with van der Waals surface area (Å²) in [7, 11) is -0.434. The molecule has 0 aliphatic rings. The molecule has 0 aliphatic heterocycles. The number of hydrogen-bond donors (Lipinski definition) is 1. The van der Waals surface area contributed by atoms with Gasteiger partial charge in [0.2, 0.25) is 15.9 Å². The van der Waals surface area contributed by atoms with Crippen LogP contribution in [0.5, 0.6) is 11.5 Å². The third-order valence-electron chi connectivity index (χ3n) is 4.30. The highest BCUT2D eigenvalue weighted by atomic mass is 32.2. The number of rotatable bonds is 9. The van der Waals surface area contributed by atoms with Gasteiger partial charge in [-0.2, -0.15) is 4.31 Å². The number of carbonyl (C=O) groups is 1. The highest BCUT2D eigenvalue weighted by Crippen LogP contribution is 2.29. The Balaban J connectivity index is 2.07. The number of nitrogens with zero attached hydrogens (tertiary/aromatic N) is 1. The van der Waals surface area contributed by atoms with Gasteiger partial charge in [0.05, 0.1) is 19.1 Å². The summed E-state index contributed by atoms with van der Waals surface area (Å²) in [6.45, 7) is 4.43. The number of benzene rings is 2. The molecule has 0 aromatic heterocycles. The molecule has 156 valence electrons. The first-order chi connectivity index (χ1) is 13.8. The summed E-state index contributed by atoms with van der Waals surface area (Å²) in [6.07, 6.45) is 2.99. The SMILES string of the molecule is CCN(CC)S(=O)(=O)c1ccc(C=CC(=O)Nc2ccc(OC)c(OC)c2)cc1. The maximum Gasteiger partial charge on any atom is 0.248 e. The molecule has 1 N–H and O–H groups in total. The maximum atomic E-state index is 12.5. The first kappa shape index (κ1) is 22.4. The predicted molar refractivity (Wildman–Crippen MR) is 114 cm³/mol. The molecule has 2 rings (SSSR count). The summed E-state index contributed by atoms with van der Waals surface area (Å²) in [5.74, 6) is 0.761. The number of nitrogens with one attached hydrogen (secondary N) is 1. The van der Waals surface area contributed by atoms with E-state index in [1.807, 2.05) is 0 Å². The van der Waals surface area contributed by atoms with E-state index >= 15 is 0 Å². The number of hydrogen-bond acceptors (Lipinski definition) is 5. The average Bonchev–Trinajstić information content (AvgIpc) is 2.73. The largest absolute Gasteiger partial charge is 0.493 e. The van der Waals surface area contributed by atoms with Crippen molar-refractivity contribution >= 4 is 27.7 Å². The van der Waals surface area contributed by atoms with Gasteiger partial charge in [-0.25, -0.2) is 8.42 Å². The van der Waals surface area contributed by atoms with Gasteiger partial charge in [0, 0.05) is 30.9 Å². The van der Waals surface area contributed by atoms with Gasteiger partial charge >= 0.3 is 0 Å². The van der Waals surface area contributed by atoms with Gasteiger partial charge in [0.25, 0.3) is 0 Å². The number of sulfonamides is 1. The van der Waals surface area contributed by atoms with E-state index in [0.717, 1.165) is 0 Å². The minimum atomic E-state index is -3.49. The van der Waals surface area contributed by atoms with E-state index in [0.29, 0.717) is 35.8 Å². The van der Waals surface area contributed by atoms with E-state index in [9.17, 15) is 13.2 Å². The molecule has 2 aromatic carbocycles. The van der Waals surface area contributed by atoms with Crippen molar-refractivity contribution in [3.05, 3.63) is 54.1 Å². The second kappa shape index (κ2) is 10.1. The molecule has 0 unspecified atom stereocenters. The van der Waals surface area contributed by atoms with E-state index in [2.05, 4.69) is 5.32 Å². The number of carbonyl (C=O) groups excluding carboxylic acids is 1. The third-order valence-corrected chi connectivity index (χ3v) is 6.37. The van der Waals surface area contributed by atoms with Crippen LogP contribution in [0.15, 0.2) is 53.4 Å². The van der Waals surface area contributed by atoms with E-state index < -0.39 is 10.0 Å². The minimum absolute atomic E-state index is 0.230. The lowest BCUT2D eigenvalue weighted by Crippen LogP contribution is -2.30. The van der Waals surface area contributed by atoms with Crippen molar-refractivity contribution in [3.63, 3.8) is 0 Å². The fourth-order valence-electron chi connectivity index (χ4n) is 2.73. The molecular formula is C21H26N2O5S. The van der Waals surface area contributed by atoms with E-state index in [1.165, 1.54) is 24.6 Å². The number of anilines is 1. The normalized spacial score (nSPS) is 11.6. The van der Waals surface area contributed by atoms with E-state index in [-0.39, 0.29) is 10.8 Å². The number of amides is 1. The zero-order valence-corrected chi connectivity index (χ0v) is 17.8. The Morgan fingerprint density at radius 2 is 1.62 bits per heavy atom. The molecule has 29 heavy (non-hydrogen) atoms. The Labute approximate surface area is 172 Å². The standard InChI is InChI=1S/C21H26N2O5S/c1-5-23(6-2)29(25,26)18-11-7-16(8-12-18)9-14-21(24)22-17-10-13-19(27-3)20(15-17)28-4/h7-15H,5-6H2,1-4H3,(H,22,24). The Hall–Kier alpha value is -2.84. The van der Waals surface area contributed by atoms with Crippen LogP contribution < -0.4 is 14.8 Å². The van der Waals surface area contributed by atoms with Gasteiger partial charge in [0.1, 0.15) is 0 Å². The summed E-state index contributed by atoms with van der Waals surface area (Å²) < 4.78 is 36.8. The Morgan fingerprint density at radius 1 is 1.00 bits per heavy atom. The van der Waals surface area contributed by atoms with Gasteiger partial charge in [-0.3, -0.25) is 4.79 Å². The molecule has 2 aromatic rings. The minimum Gasteiger partial charge on any atom is -0.493 e. The maximum absolute atomic E-state index is 12.5. The molecule has 7 nitrogen and oxygen atoms in total. The number of ether oxygens (including phenoxy) is 2. The second-order valence-electron chi connectivity index (χ2n) is 6.05. The zero-order chi connectivity index (χ0) is 21.4. The van der Waals surface area contributed by atoms with Crippen LogP contribution in [-0.4, -0.2) is 45.9 Å². The third kappa shape index (κ3) is 5.58. The first-order valence-corrected chi connectivity index (χ1v) is 10.6. The molecule has 0 atom stereocenters. The molecule has 0 bridgehead atoms. The summed E-state index contributed by atoms with van der Waals surface area (Å²) in [5.41, 5.74) is 1.28. The summed E-state index contributed by atoms with van der Waals surface area (Å²) in [5, 5.41) is 2.74. The lowest BCUT2D eigenvalue weighted by atomic mass is 10.2. The highest BCUT2D eigenvalue weighted by Gasteiger charge is 2.20. The van der Waals surface area contributed by atoms with Crippen molar-refractivity contribution in [3.8, 4) is 11.5 Å². The fourth-order valence-corrected chi connectivity index (χ4v) is 4.19. The van der Waals surface area contributed by atoms with Crippen molar-refractivity contribution in [1.82, 2.24) is 4.31 Å². The first-order valence-electron chi connectivity index (χ1n) is 9.17. The predicted octanol–water partition coefficient (Wildman–Crippen LogP) is 3.39. The van der Waals surface area contributed by atoms with Crippen LogP contribution in [0.4, 0.5) is 5.69 Å². The van der Waals surface area contributed by atoms with Crippen LogP contribution >= 0.6 is 0 Å². The van der Waals surface area contributed by atoms with Crippen LogP contribution in [0.2, 0.25) is 0 Å². The molecule has 0 heterocycles. The van der Waals surface area contributed by atoms with Crippen molar-refractivity contribution in [1.29, 1.82) is 0 Å². The van der Waals surface area contributed by atoms with Crippen LogP contribution in [0.25, 0.3) is 6.08 Å². The van der Waals surface area contributed by atoms with Crippen LogP contribution in [0.3, 0.4) is 0 Å². The Kier molecular flexibility index (Phi) is 7.81. The van der Waals surface area contributed by atoms with Crippen molar-refractivity contribution in [2.75, 3.05) is 32.6 Å². The zero-order valence-electron chi connectivity index (χ0n) is 17.0. The summed E-state index contributed by atoms with van der Waals surface area (Å²) in [4.78, 5) is 12.4. The average molecular weight is 419 g/mol.